The summed E-state index contributed by atoms with van der Waals surface area (Å²) in [5, 5.41) is 4.19. The number of hydrogen-bond donors (Lipinski definition) is 1. The number of nitrogens with one attached hydrogen (secondary N) is 1. The molecule has 1 aromatic carbocycles. The van der Waals surface area contributed by atoms with E-state index in [-0.39, 0.29) is 11.9 Å². The molecule has 0 aliphatic heterocycles. The van der Waals surface area contributed by atoms with Gasteiger partial charge >= 0.3 is 0 Å². The lowest BCUT2D eigenvalue weighted by atomic mass is 10.00. The van der Waals surface area contributed by atoms with Crippen molar-refractivity contribution in [1.82, 2.24) is 10.3 Å². The Hall–Kier alpha value is -2.20. The molecule has 3 nitrogen and oxygen atoms in total. The van der Waals surface area contributed by atoms with E-state index < -0.39 is 0 Å². The van der Waals surface area contributed by atoms with Crippen molar-refractivity contribution in [1.29, 1.82) is 0 Å². The van der Waals surface area contributed by atoms with Gasteiger partial charge in [0.1, 0.15) is 11.4 Å². The molecule has 1 atom stereocenters. The summed E-state index contributed by atoms with van der Waals surface area (Å²) < 4.78 is 18.8. The van der Waals surface area contributed by atoms with Crippen LogP contribution in [-0.4, -0.2) is 12.0 Å². The topological polar surface area (TPSA) is 38.1 Å². The Labute approximate surface area is 110 Å². The quantitative estimate of drug-likeness (QED) is 0.781. The number of furan rings is 1. The van der Waals surface area contributed by atoms with Crippen LogP contribution >= 0.6 is 0 Å². The molecule has 0 radical (unpaired) electrons. The highest BCUT2D eigenvalue weighted by atomic mass is 19.1. The molecular formula is C15H13FN2O. The SMILES string of the molecule is CNC(c1cncc(F)c1)c1coc2ccccc12. The zero-order chi connectivity index (χ0) is 13.2. The summed E-state index contributed by atoms with van der Waals surface area (Å²) in [5.74, 6) is -0.342. The number of halogens is 1. The number of para-hydroxylation sites is 1. The van der Waals surface area contributed by atoms with E-state index in [1.165, 1.54) is 12.3 Å². The smallest absolute Gasteiger partial charge is 0.141 e. The maximum absolute atomic E-state index is 13.3. The van der Waals surface area contributed by atoms with Crippen molar-refractivity contribution in [2.75, 3.05) is 7.05 Å². The highest BCUT2D eigenvalue weighted by Gasteiger charge is 2.18. The fraction of sp³-hybridized carbons (Fsp3) is 0.133. The first-order valence-corrected chi connectivity index (χ1v) is 6.03. The van der Waals surface area contributed by atoms with Gasteiger partial charge < -0.3 is 9.73 Å². The normalized spacial score (nSPS) is 12.7. The maximum Gasteiger partial charge on any atom is 0.141 e. The number of nitrogens with zero attached hydrogens (tertiary/aromatic N) is 1. The first-order chi connectivity index (χ1) is 9.29. The highest BCUT2D eigenvalue weighted by molar-refractivity contribution is 5.81. The molecule has 1 unspecified atom stereocenters. The molecule has 3 rings (SSSR count). The number of pyridine rings is 1. The molecule has 3 aromatic rings. The van der Waals surface area contributed by atoms with Gasteiger partial charge in [-0.3, -0.25) is 4.98 Å². The molecular weight excluding hydrogens is 243 g/mol. The van der Waals surface area contributed by atoms with E-state index in [2.05, 4.69) is 10.3 Å². The minimum atomic E-state index is -0.342. The van der Waals surface area contributed by atoms with Crippen molar-refractivity contribution in [3.63, 3.8) is 0 Å². The number of benzene rings is 1. The minimum Gasteiger partial charge on any atom is -0.464 e. The molecule has 0 saturated carbocycles. The van der Waals surface area contributed by atoms with Gasteiger partial charge in [-0.25, -0.2) is 4.39 Å². The molecule has 0 fully saturated rings. The molecule has 19 heavy (non-hydrogen) atoms. The average Bonchev–Trinajstić information content (AvgIpc) is 2.84. The number of aromatic nitrogens is 1. The Morgan fingerprint density at radius 1 is 1.26 bits per heavy atom. The van der Waals surface area contributed by atoms with Crippen molar-refractivity contribution >= 4 is 11.0 Å². The van der Waals surface area contributed by atoms with Gasteiger partial charge in [0.05, 0.1) is 18.5 Å². The lowest BCUT2D eigenvalue weighted by Crippen LogP contribution is -2.17. The minimum absolute atomic E-state index is 0.146. The fourth-order valence-electron chi connectivity index (χ4n) is 2.31. The summed E-state index contributed by atoms with van der Waals surface area (Å²) in [6, 6.07) is 9.12. The second-order valence-corrected chi connectivity index (χ2v) is 4.35. The van der Waals surface area contributed by atoms with Crippen LogP contribution in [0.4, 0.5) is 4.39 Å². The second kappa shape index (κ2) is 4.82. The predicted octanol–water partition coefficient (Wildman–Crippen LogP) is 3.28. The van der Waals surface area contributed by atoms with Gasteiger partial charge in [0.15, 0.2) is 0 Å². The zero-order valence-electron chi connectivity index (χ0n) is 10.4. The molecule has 1 N–H and O–H groups in total. The van der Waals surface area contributed by atoms with Crippen LogP contribution in [-0.2, 0) is 0 Å². The summed E-state index contributed by atoms with van der Waals surface area (Å²) in [4.78, 5) is 3.90. The molecule has 0 aliphatic rings. The Balaban J connectivity index is 2.12. The molecule has 0 saturated heterocycles. The summed E-state index contributed by atoms with van der Waals surface area (Å²) in [5.41, 5.74) is 2.57. The molecule has 0 bridgehead atoms. The lowest BCUT2D eigenvalue weighted by molar-refractivity contribution is 0.589. The van der Waals surface area contributed by atoms with E-state index in [0.29, 0.717) is 0 Å². The van der Waals surface area contributed by atoms with E-state index in [1.54, 1.807) is 12.5 Å². The number of hydrogen-bond acceptors (Lipinski definition) is 3. The third kappa shape index (κ3) is 2.11. The van der Waals surface area contributed by atoms with Crippen molar-refractivity contribution in [3.05, 3.63) is 65.9 Å². The zero-order valence-corrected chi connectivity index (χ0v) is 10.4. The van der Waals surface area contributed by atoms with Crippen molar-refractivity contribution in [2.45, 2.75) is 6.04 Å². The van der Waals surface area contributed by atoms with Crippen molar-refractivity contribution in [2.24, 2.45) is 0 Å². The Morgan fingerprint density at radius 2 is 2.11 bits per heavy atom. The van der Waals surface area contributed by atoms with E-state index >= 15 is 0 Å². The standard InChI is InChI=1S/C15H13FN2O/c1-17-15(10-6-11(16)8-18-7-10)13-9-19-14-5-3-2-4-12(13)14/h2-9,15,17H,1H3. The third-order valence-corrected chi connectivity index (χ3v) is 3.17. The van der Waals surface area contributed by atoms with Crippen LogP contribution in [0.5, 0.6) is 0 Å². The number of rotatable bonds is 3. The summed E-state index contributed by atoms with van der Waals surface area (Å²) in [6.45, 7) is 0. The van der Waals surface area contributed by atoms with Gasteiger partial charge in [-0.2, -0.15) is 0 Å². The van der Waals surface area contributed by atoms with Crippen LogP contribution in [0.25, 0.3) is 11.0 Å². The van der Waals surface area contributed by atoms with Gasteiger partial charge in [-0.15, -0.1) is 0 Å². The fourth-order valence-corrected chi connectivity index (χ4v) is 2.31. The van der Waals surface area contributed by atoms with E-state index in [4.69, 9.17) is 4.42 Å². The Morgan fingerprint density at radius 3 is 2.89 bits per heavy atom. The van der Waals surface area contributed by atoms with E-state index in [1.807, 2.05) is 31.3 Å². The summed E-state index contributed by atoms with van der Waals surface area (Å²) >= 11 is 0. The van der Waals surface area contributed by atoms with Gasteiger partial charge in [0.2, 0.25) is 0 Å². The number of fused-ring (bicyclic) bond motifs is 1. The van der Waals surface area contributed by atoms with Crippen LogP contribution in [0.1, 0.15) is 17.2 Å². The third-order valence-electron chi connectivity index (χ3n) is 3.17. The molecule has 2 heterocycles. The lowest BCUT2D eigenvalue weighted by Gasteiger charge is -2.15. The molecule has 0 amide bonds. The van der Waals surface area contributed by atoms with Crippen LogP contribution in [0.15, 0.2) is 53.4 Å². The van der Waals surface area contributed by atoms with Crippen molar-refractivity contribution in [3.8, 4) is 0 Å². The van der Waals surface area contributed by atoms with Crippen LogP contribution < -0.4 is 5.32 Å². The second-order valence-electron chi connectivity index (χ2n) is 4.35. The summed E-state index contributed by atoms with van der Waals surface area (Å²) in [7, 11) is 1.83. The largest absolute Gasteiger partial charge is 0.464 e. The predicted molar refractivity (Wildman–Crippen MR) is 71.3 cm³/mol. The summed E-state index contributed by atoms with van der Waals surface area (Å²) in [6.07, 6.45) is 4.56. The highest BCUT2D eigenvalue weighted by Crippen LogP contribution is 2.30. The van der Waals surface area contributed by atoms with Gasteiger partial charge in [-0.05, 0) is 24.7 Å². The maximum atomic E-state index is 13.3. The molecule has 0 aliphatic carbocycles. The monoisotopic (exact) mass is 256 g/mol. The Bertz CT molecular complexity index is 708. The van der Waals surface area contributed by atoms with Crippen LogP contribution in [0.2, 0.25) is 0 Å². The van der Waals surface area contributed by atoms with Gasteiger partial charge in [0.25, 0.3) is 0 Å². The Kier molecular flexibility index (Phi) is 3.01. The molecule has 4 heteroatoms. The van der Waals surface area contributed by atoms with Crippen molar-refractivity contribution < 1.29 is 8.81 Å². The average molecular weight is 256 g/mol. The molecule has 0 spiro atoms. The molecule has 96 valence electrons. The van der Waals surface area contributed by atoms with E-state index in [0.717, 1.165) is 22.1 Å². The van der Waals surface area contributed by atoms with Crippen LogP contribution in [0, 0.1) is 5.82 Å². The first kappa shape index (κ1) is 11.9. The van der Waals surface area contributed by atoms with Crippen LogP contribution in [0.3, 0.4) is 0 Å². The van der Waals surface area contributed by atoms with Gasteiger partial charge in [0, 0.05) is 17.1 Å². The first-order valence-electron chi connectivity index (χ1n) is 6.03. The van der Waals surface area contributed by atoms with E-state index in [9.17, 15) is 4.39 Å². The molecule has 2 aromatic heterocycles. The van der Waals surface area contributed by atoms with Gasteiger partial charge in [-0.1, -0.05) is 18.2 Å².